The number of hydrogen-bond donors (Lipinski definition) is 1. The predicted molar refractivity (Wildman–Crippen MR) is 101 cm³/mol. The van der Waals surface area contributed by atoms with Crippen LogP contribution in [0.25, 0.3) is 39.2 Å². The standard InChI is InChI=1S/C20H15N5O/c1-11-6-5-7-12(2)16(11)17-21-10-13-18(23-17)25-15-9-4-3-8-14(15)22-20(25)24-19(13)26/h3-10H,1-2H3,(H,22,24,26). The van der Waals surface area contributed by atoms with Crippen molar-refractivity contribution in [1.82, 2.24) is 24.3 Å². The summed E-state index contributed by atoms with van der Waals surface area (Å²) in [4.78, 5) is 29.0. The molecule has 3 heterocycles. The van der Waals surface area contributed by atoms with Gasteiger partial charge in [-0.05, 0) is 37.1 Å². The van der Waals surface area contributed by atoms with Gasteiger partial charge in [0.2, 0.25) is 5.78 Å². The first-order valence-corrected chi connectivity index (χ1v) is 8.36. The van der Waals surface area contributed by atoms with E-state index in [1.165, 1.54) is 0 Å². The number of benzene rings is 2. The molecule has 0 atom stereocenters. The minimum absolute atomic E-state index is 0.240. The lowest BCUT2D eigenvalue weighted by Gasteiger charge is -2.09. The predicted octanol–water partition coefficient (Wildman–Crippen LogP) is 3.40. The van der Waals surface area contributed by atoms with E-state index in [1.54, 1.807) is 6.20 Å². The summed E-state index contributed by atoms with van der Waals surface area (Å²) in [6.45, 7) is 4.08. The highest BCUT2D eigenvalue weighted by Crippen LogP contribution is 2.26. The summed E-state index contributed by atoms with van der Waals surface area (Å²) in [6, 6.07) is 13.8. The van der Waals surface area contributed by atoms with Crippen molar-refractivity contribution in [2.45, 2.75) is 13.8 Å². The van der Waals surface area contributed by atoms with Crippen molar-refractivity contribution in [1.29, 1.82) is 0 Å². The third-order valence-corrected chi connectivity index (χ3v) is 4.72. The molecule has 3 aromatic heterocycles. The van der Waals surface area contributed by atoms with Gasteiger partial charge in [-0.25, -0.2) is 15.0 Å². The van der Waals surface area contributed by atoms with Gasteiger partial charge in [0.25, 0.3) is 5.56 Å². The van der Waals surface area contributed by atoms with Gasteiger partial charge in [0.1, 0.15) is 5.39 Å². The van der Waals surface area contributed by atoms with Gasteiger partial charge in [0.05, 0.1) is 11.0 Å². The molecule has 2 aromatic carbocycles. The number of para-hydroxylation sites is 2. The zero-order chi connectivity index (χ0) is 17.8. The molecule has 0 radical (unpaired) electrons. The third kappa shape index (κ3) is 1.99. The van der Waals surface area contributed by atoms with Crippen molar-refractivity contribution < 1.29 is 0 Å². The summed E-state index contributed by atoms with van der Waals surface area (Å²) < 4.78 is 1.88. The Morgan fingerprint density at radius 2 is 1.73 bits per heavy atom. The third-order valence-electron chi connectivity index (χ3n) is 4.72. The second-order valence-corrected chi connectivity index (χ2v) is 6.41. The largest absolute Gasteiger partial charge is 0.291 e. The first-order valence-electron chi connectivity index (χ1n) is 8.36. The van der Waals surface area contributed by atoms with Crippen LogP contribution in [0.15, 0.2) is 53.5 Å². The molecule has 0 spiro atoms. The Hall–Kier alpha value is -3.54. The van der Waals surface area contributed by atoms with Crippen LogP contribution in [0, 0.1) is 13.8 Å². The molecule has 0 aliphatic carbocycles. The van der Waals surface area contributed by atoms with Gasteiger partial charge in [0.15, 0.2) is 11.5 Å². The number of aromatic amines is 1. The monoisotopic (exact) mass is 341 g/mol. The number of nitrogens with one attached hydrogen (secondary N) is 1. The van der Waals surface area contributed by atoms with E-state index >= 15 is 0 Å². The summed E-state index contributed by atoms with van der Waals surface area (Å²) in [6.07, 6.45) is 1.59. The molecule has 5 rings (SSSR count). The van der Waals surface area contributed by atoms with Crippen LogP contribution in [0.3, 0.4) is 0 Å². The first kappa shape index (κ1) is 14.8. The van der Waals surface area contributed by atoms with Crippen LogP contribution >= 0.6 is 0 Å². The Kier molecular flexibility index (Phi) is 2.97. The van der Waals surface area contributed by atoms with Gasteiger partial charge in [-0.3, -0.25) is 14.2 Å². The van der Waals surface area contributed by atoms with Gasteiger partial charge in [0, 0.05) is 11.8 Å². The van der Waals surface area contributed by atoms with Crippen LogP contribution < -0.4 is 5.56 Å². The average Bonchev–Trinajstić information content (AvgIpc) is 3.00. The fraction of sp³-hybridized carbons (Fsp3) is 0.100. The van der Waals surface area contributed by atoms with Crippen molar-refractivity contribution in [3.63, 3.8) is 0 Å². The van der Waals surface area contributed by atoms with E-state index in [0.717, 1.165) is 27.7 Å². The zero-order valence-corrected chi connectivity index (χ0v) is 14.3. The minimum Gasteiger partial charge on any atom is -0.291 e. The highest BCUT2D eigenvalue weighted by molar-refractivity contribution is 5.87. The average molecular weight is 341 g/mol. The molecule has 5 aromatic rings. The Bertz CT molecular complexity index is 1360. The lowest BCUT2D eigenvalue weighted by Crippen LogP contribution is -2.12. The van der Waals surface area contributed by atoms with Crippen molar-refractivity contribution in [3.05, 3.63) is 70.1 Å². The van der Waals surface area contributed by atoms with Crippen LogP contribution in [0.1, 0.15) is 11.1 Å². The number of aryl methyl sites for hydroxylation is 2. The number of hydrogen-bond acceptors (Lipinski definition) is 4. The number of H-pyrrole nitrogens is 1. The quantitative estimate of drug-likeness (QED) is 0.507. The summed E-state index contributed by atoms with van der Waals surface area (Å²) in [5.74, 6) is 1.09. The van der Waals surface area contributed by atoms with Crippen molar-refractivity contribution in [2.24, 2.45) is 0 Å². The molecule has 0 aliphatic rings. The molecule has 0 amide bonds. The van der Waals surface area contributed by atoms with Gasteiger partial charge >= 0.3 is 0 Å². The van der Waals surface area contributed by atoms with E-state index < -0.39 is 0 Å². The maximum absolute atomic E-state index is 12.5. The Morgan fingerprint density at radius 3 is 2.54 bits per heavy atom. The molecule has 0 unspecified atom stereocenters. The molecule has 0 saturated carbocycles. The summed E-state index contributed by atoms with van der Waals surface area (Å²) in [5.41, 5.74) is 5.22. The molecular formula is C20H15N5O. The lowest BCUT2D eigenvalue weighted by molar-refractivity contribution is 1.09. The fourth-order valence-electron chi connectivity index (χ4n) is 3.48. The summed E-state index contributed by atoms with van der Waals surface area (Å²) in [7, 11) is 0. The number of aromatic nitrogens is 5. The second kappa shape index (κ2) is 5.23. The fourth-order valence-corrected chi connectivity index (χ4v) is 3.48. The smallest absolute Gasteiger partial charge is 0.263 e. The van der Waals surface area contributed by atoms with Crippen LogP contribution in [0.2, 0.25) is 0 Å². The van der Waals surface area contributed by atoms with Crippen molar-refractivity contribution >= 4 is 27.8 Å². The molecule has 0 aliphatic heterocycles. The highest BCUT2D eigenvalue weighted by Gasteiger charge is 2.15. The van der Waals surface area contributed by atoms with Crippen molar-refractivity contribution in [2.75, 3.05) is 0 Å². The molecule has 0 fully saturated rings. The van der Waals surface area contributed by atoms with Gasteiger partial charge in [-0.2, -0.15) is 0 Å². The molecule has 126 valence electrons. The van der Waals surface area contributed by atoms with E-state index in [0.29, 0.717) is 22.6 Å². The van der Waals surface area contributed by atoms with E-state index in [1.807, 2.05) is 60.7 Å². The number of fused-ring (bicyclic) bond motifs is 5. The molecule has 26 heavy (non-hydrogen) atoms. The number of imidazole rings is 1. The first-order chi connectivity index (χ1) is 12.6. The SMILES string of the molecule is Cc1cccc(C)c1-c1ncc2c(=O)[nH]c3nc4ccccc4n3c2n1. The minimum atomic E-state index is -0.240. The van der Waals surface area contributed by atoms with Gasteiger partial charge < -0.3 is 0 Å². The lowest BCUT2D eigenvalue weighted by atomic mass is 10.0. The zero-order valence-electron chi connectivity index (χ0n) is 14.3. The molecule has 6 nitrogen and oxygen atoms in total. The van der Waals surface area contributed by atoms with Gasteiger partial charge in [-0.15, -0.1) is 0 Å². The Labute approximate surface area is 148 Å². The maximum atomic E-state index is 12.5. The summed E-state index contributed by atoms with van der Waals surface area (Å²) in [5, 5.41) is 0.440. The van der Waals surface area contributed by atoms with Crippen LogP contribution in [0.4, 0.5) is 0 Å². The molecule has 1 N–H and O–H groups in total. The van der Waals surface area contributed by atoms with Gasteiger partial charge in [-0.1, -0.05) is 30.3 Å². The van der Waals surface area contributed by atoms with Crippen LogP contribution in [0.5, 0.6) is 0 Å². The van der Waals surface area contributed by atoms with Crippen LogP contribution in [-0.2, 0) is 0 Å². The molecule has 6 heteroatoms. The van der Waals surface area contributed by atoms with Crippen molar-refractivity contribution in [3.8, 4) is 11.4 Å². The van der Waals surface area contributed by atoms with E-state index in [-0.39, 0.29) is 5.56 Å². The normalized spacial score (nSPS) is 11.6. The maximum Gasteiger partial charge on any atom is 0.263 e. The van der Waals surface area contributed by atoms with Crippen LogP contribution in [-0.4, -0.2) is 24.3 Å². The van der Waals surface area contributed by atoms with E-state index in [9.17, 15) is 4.79 Å². The Morgan fingerprint density at radius 1 is 0.962 bits per heavy atom. The molecule has 0 saturated heterocycles. The molecular weight excluding hydrogens is 326 g/mol. The summed E-state index contributed by atoms with van der Waals surface area (Å²) >= 11 is 0. The second-order valence-electron chi connectivity index (χ2n) is 6.41. The molecule has 0 bridgehead atoms. The highest BCUT2D eigenvalue weighted by atomic mass is 16.1. The van der Waals surface area contributed by atoms with E-state index in [2.05, 4.69) is 15.0 Å². The topological polar surface area (TPSA) is 75.9 Å². The number of rotatable bonds is 1. The van der Waals surface area contributed by atoms with E-state index in [4.69, 9.17) is 4.98 Å². The number of nitrogens with zero attached hydrogens (tertiary/aromatic N) is 4. The Balaban J connectivity index is 1.96.